The van der Waals surface area contributed by atoms with Gasteiger partial charge in [-0.25, -0.2) is 4.39 Å². The van der Waals surface area contributed by atoms with Crippen molar-refractivity contribution < 1.29 is 14.1 Å². The lowest BCUT2D eigenvalue weighted by Gasteiger charge is -2.03. The number of hydrogen-bond donors (Lipinski definition) is 1. The summed E-state index contributed by atoms with van der Waals surface area (Å²) >= 11 is 7.28. The molecule has 1 aromatic carbocycles. The van der Waals surface area contributed by atoms with Gasteiger partial charge in [-0.2, -0.15) is 0 Å². The lowest BCUT2D eigenvalue weighted by Crippen LogP contribution is -2.81. The van der Waals surface area contributed by atoms with Crippen molar-refractivity contribution in [3.8, 4) is 0 Å². The second-order valence-electron chi connectivity index (χ2n) is 4.67. The molecule has 0 amide bonds. The van der Waals surface area contributed by atoms with Crippen LogP contribution in [0.3, 0.4) is 0 Å². The van der Waals surface area contributed by atoms with Crippen LogP contribution < -0.4 is 5.32 Å². The maximum Gasteiger partial charge on any atom is 0.277 e. The Kier molecular flexibility index (Phi) is 4.24. The van der Waals surface area contributed by atoms with Crippen LogP contribution in [0.25, 0.3) is 0 Å². The Morgan fingerprint density at radius 1 is 1.45 bits per heavy atom. The normalized spacial score (nSPS) is 18.6. The van der Waals surface area contributed by atoms with E-state index in [1.807, 2.05) is 0 Å². The molecule has 1 aliphatic heterocycles. The molecule has 0 aliphatic carbocycles. The van der Waals surface area contributed by atoms with Crippen molar-refractivity contribution in [1.82, 2.24) is 10.2 Å². The highest BCUT2D eigenvalue weighted by Crippen LogP contribution is 2.28. The van der Waals surface area contributed by atoms with Crippen LogP contribution in [-0.2, 0) is 5.75 Å². The minimum Gasteiger partial charge on any atom is -0.410 e. The van der Waals surface area contributed by atoms with Gasteiger partial charge in [-0.3, -0.25) is 0 Å². The van der Waals surface area contributed by atoms with Gasteiger partial charge in [0, 0.05) is 29.2 Å². The summed E-state index contributed by atoms with van der Waals surface area (Å²) in [5, 5.41) is 11.1. The zero-order valence-corrected chi connectivity index (χ0v) is 12.3. The monoisotopic (exact) mass is 314 g/mol. The van der Waals surface area contributed by atoms with Crippen molar-refractivity contribution in [3.05, 3.63) is 40.5 Å². The number of benzene rings is 1. The van der Waals surface area contributed by atoms with Crippen molar-refractivity contribution in [2.24, 2.45) is 0 Å². The summed E-state index contributed by atoms with van der Waals surface area (Å²) in [6.07, 6.45) is 2.23. The third-order valence-electron chi connectivity index (χ3n) is 3.31. The smallest absolute Gasteiger partial charge is 0.277 e. The number of rotatable bonds is 4. The van der Waals surface area contributed by atoms with Crippen LogP contribution in [0.5, 0.6) is 0 Å². The van der Waals surface area contributed by atoms with E-state index in [0.29, 0.717) is 27.5 Å². The fraction of sp³-hybridized carbons (Fsp3) is 0.385. The molecule has 0 spiro atoms. The molecule has 2 N–H and O–H groups in total. The van der Waals surface area contributed by atoms with E-state index in [0.717, 1.165) is 13.0 Å². The van der Waals surface area contributed by atoms with Crippen molar-refractivity contribution in [3.63, 3.8) is 0 Å². The highest BCUT2D eigenvalue weighted by atomic mass is 35.5. The molecular weight excluding hydrogens is 301 g/mol. The molecule has 0 bridgehead atoms. The van der Waals surface area contributed by atoms with E-state index in [-0.39, 0.29) is 11.9 Å². The first-order valence-electron chi connectivity index (χ1n) is 6.46. The molecule has 1 fully saturated rings. The molecule has 106 valence electrons. The summed E-state index contributed by atoms with van der Waals surface area (Å²) in [7, 11) is 0. The van der Waals surface area contributed by atoms with Crippen LogP contribution in [0.15, 0.2) is 27.8 Å². The maximum absolute atomic E-state index is 13.6. The standard InChI is InChI=1S/C13H13ClFN3OS/c14-9-3-1-4-10(15)8(9)7-20-13-18-17-12(19-13)11-5-2-6-16-11/h1,3-4,11,16H,2,5-7H2/p+1/t11-/m0/s1. The molecule has 7 heteroatoms. The van der Waals surface area contributed by atoms with Crippen molar-refractivity contribution >= 4 is 23.4 Å². The predicted molar refractivity (Wildman–Crippen MR) is 74.0 cm³/mol. The van der Waals surface area contributed by atoms with Crippen LogP contribution in [-0.4, -0.2) is 16.7 Å². The van der Waals surface area contributed by atoms with Gasteiger partial charge in [-0.05, 0) is 12.1 Å². The molecule has 0 radical (unpaired) electrons. The van der Waals surface area contributed by atoms with Gasteiger partial charge in [0.25, 0.3) is 11.1 Å². The molecule has 2 aromatic rings. The summed E-state index contributed by atoms with van der Waals surface area (Å²) in [5.41, 5.74) is 0.464. The molecule has 2 heterocycles. The van der Waals surface area contributed by atoms with Crippen LogP contribution in [0, 0.1) is 5.82 Å². The fourth-order valence-electron chi connectivity index (χ4n) is 2.23. The Morgan fingerprint density at radius 3 is 3.10 bits per heavy atom. The number of halogens is 2. The summed E-state index contributed by atoms with van der Waals surface area (Å²) in [4.78, 5) is 0. The van der Waals surface area contributed by atoms with Gasteiger partial charge in [-0.1, -0.05) is 29.4 Å². The first-order chi connectivity index (χ1) is 9.74. The molecule has 4 nitrogen and oxygen atoms in total. The molecule has 0 saturated carbocycles. The van der Waals surface area contributed by atoms with Crippen LogP contribution in [0.4, 0.5) is 4.39 Å². The molecule has 20 heavy (non-hydrogen) atoms. The summed E-state index contributed by atoms with van der Waals surface area (Å²) < 4.78 is 19.2. The van der Waals surface area contributed by atoms with E-state index < -0.39 is 0 Å². The largest absolute Gasteiger partial charge is 0.410 e. The van der Waals surface area contributed by atoms with Gasteiger partial charge in [-0.15, -0.1) is 10.2 Å². The van der Waals surface area contributed by atoms with Crippen LogP contribution in [0.1, 0.15) is 30.3 Å². The number of aromatic nitrogens is 2. The van der Waals surface area contributed by atoms with E-state index in [2.05, 4.69) is 15.5 Å². The van der Waals surface area contributed by atoms with Crippen molar-refractivity contribution in [1.29, 1.82) is 0 Å². The fourth-order valence-corrected chi connectivity index (χ4v) is 3.34. The second kappa shape index (κ2) is 6.11. The minimum atomic E-state index is -0.311. The molecule has 3 rings (SSSR count). The molecule has 0 unspecified atom stereocenters. The van der Waals surface area contributed by atoms with Crippen LogP contribution in [0.2, 0.25) is 5.02 Å². The SMILES string of the molecule is Fc1cccc(Cl)c1CSc1nnc([C@@H]2CCC[NH2+]2)o1. The number of hydrogen-bond acceptors (Lipinski definition) is 4. The Morgan fingerprint density at radius 2 is 2.35 bits per heavy atom. The van der Waals surface area contributed by atoms with Gasteiger partial charge in [0.05, 0.1) is 6.54 Å². The van der Waals surface area contributed by atoms with E-state index in [9.17, 15) is 4.39 Å². The molecule has 1 aliphatic rings. The summed E-state index contributed by atoms with van der Waals surface area (Å²) in [6.45, 7) is 1.10. The first kappa shape index (κ1) is 13.9. The Hall–Kier alpha value is -1.11. The first-order valence-corrected chi connectivity index (χ1v) is 7.83. The Bertz CT molecular complexity index is 581. The van der Waals surface area contributed by atoms with E-state index in [1.54, 1.807) is 12.1 Å². The highest BCUT2D eigenvalue weighted by Gasteiger charge is 2.26. The van der Waals surface area contributed by atoms with E-state index in [4.69, 9.17) is 16.0 Å². The zero-order chi connectivity index (χ0) is 13.9. The van der Waals surface area contributed by atoms with Crippen LogP contribution >= 0.6 is 23.4 Å². The quantitative estimate of drug-likeness (QED) is 0.881. The zero-order valence-electron chi connectivity index (χ0n) is 10.7. The second-order valence-corrected chi connectivity index (χ2v) is 6.00. The predicted octanol–water partition coefficient (Wildman–Crippen LogP) is 2.55. The number of nitrogens with two attached hydrogens (primary N) is 1. The minimum absolute atomic E-state index is 0.272. The Labute approximate surface area is 125 Å². The molecule has 1 atom stereocenters. The van der Waals surface area contributed by atoms with Gasteiger partial charge in [0.1, 0.15) is 5.82 Å². The third-order valence-corrected chi connectivity index (χ3v) is 4.51. The van der Waals surface area contributed by atoms with Crippen molar-refractivity contribution in [2.75, 3.05) is 6.54 Å². The van der Waals surface area contributed by atoms with Gasteiger partial charge in [0.15, 0.2) is 6.04 Å². The number of quaternary nitrogens is 1. The lowest BCUT2D eigenvalue weighted by molar-refractivity contribution is -0.678. The summed E-state index contributed by atoms with van der Waals surface area (Å²) in [6, 6.07) is 4.93. The summed E-state index contributed by atoms with van der Waals surface area (Å²) in [5.74, 6) is 0.722. The average molecular weight is 315 g/mol. The van der Waals surface area contributed by atoms with Gasteiger partial charge < -0.3 is 9.73 Å². The number of thioether (sulfide) groups is 1. The number of nitrogens with zero attached hydrogens (tertiary/aromatic N) is 2. The van der Waals surface area contributed by atoms with E-state index in [1.165, 1.54) is 24.2 Å². The topological polar surface area (TPSA) is 55.5 Å². The van der Waals surface area contributed by atoms with E-state index >= 15 is 0 Å². The molecule has 1 saturated heterocycles. The molecular formula is C13H14ClFN3OS+. The lowest BCUT2D eigenvalue weighted by atomic mass is 10.2. The van der Waals surface area contributed by atoms with Gasteiger partial charge >= 0.3 is 0 Å². The van der Waals surface area contributed by atoms with Gasteiger partial charge in [0.2, 0.25) is 0 Å². The molecule has 1 aromatic heterocycles. The highest BCUT2D eigenvalue weighted by molar-refractivity contribution is 7.98. The average Bonchev–Trinajstić information content (AvgIpc) is 3.09. The third kappa shape index (κ3) is 2.97. The maximum atomic E-state index is 13.6. The Balaban J connectivity index is 1.66. The van der Waals surface area contributed by atoms with Crippen molar-refractivity contribution in [2.45, 2.75) is 29.9 Å².